The molecule has 1 heterocycles. The van der Waals surface area contributed by atoms with E-state index in [1.54, 1.807) is 6.33 Å². The van der Waals surface area contributed by atoms with E-state index in [0.29, 0.717) is 11.8 Å². The fourth-order valence-electron chi connectivity index (χ4n) is 6.00. The molecule has 130 valence electrons. The number of nitrogens with zero attached hydrogens (tertiary/aromatic N) is 3. The lowest BCUT2D eigenvalue weighted by Gasteiger charge is -2.60. The van der Waals surface area contributed by atoms with Crippen LogP contribution in [0.4, 0.5) is 5.69 Å². The van der Waals surface area contributed by atoms with E-state index in [1.165, 1.54) is 6.42 Å². The molecule has 2 aromatic rings. The SMILES string of the molecule is O=C(Nc1ccc(Br)cc1)C12C[C@H]3C[C@@H](C1)CC(n1cncn1)(C3)C2. The number of nitrogens with one attached hydrogen (secondary N) is 1. The summed E-state index contributed by atoms with van der Waals surface area (Å²) >= 11 is 3.44. The summed E-state index contributed by atoms with van der Waals surface area (Å²) in [5, 5.41) is 7.64. The van der Waals surface area contributed by atoms with Gasteiger partial charge in [-0.3, -0.25) is 4.79 Å². The monoisotopic (exact) mass is 400 g/mol. The van der Waals surface area contributed by atoms with Gasteiger partial charge >= 0.3 is 0 Å². The summed E-state index contributed by atoms with van der Waals surface area (Å²) in [6, 6.07) is 7.84. The van der Waals surface area contributed by atoms with E-state index in [1.807, 2.05) is 35.3 Å². The molecular weight excluding hydrogens is 380 g/mol. The van der Waals surface area contributed by atoms with Gasteiger partial charge in [-0.05, 0) is 74.6 Å². The third-order valence-electron chi connectivity index (χ3n) is 6.52. The largest absolute Gasteiger partial charge is 0.326 e. The number of rotatable bonds is 3. The summed E-state index contributed by atoms with van der Waals surface area (Å²) in [7, 11) is 0. The summed E-state index contributed by atoms with van der Waals surface area (Å²) in [6.45, 7) is 0. The van der Waals surface area contributed by atoms with Gasteiger partial charge in [0.2, 0.25) is 5.91 Å². The van der Waals surface area contributed by atoms with Crippen LogP contribution in [-0.2, 0) is 10.3 Å². The molecule has 4 aliphatic carbocycles. The number of halogens is 1. The van der Waals surface area contributed by atoms with E-state index < -0.39 is 0 Å². The molecule has 4 aliphatic rings. The van der Waals surface area contributed by atoms with Crippen molar-refractivity contribution in [1.82, 2.24) is 14.8 Å². The Morgan fingerprint density at radius 1 is 1.16 bits per heavy atom. The number of carbonyl (C=O) groups excluding carboxylic acids is 1. The van der Waals surface area contributed by atoms with Crippen LogP contribution in [0.15, 0.2) is 41.4 Å². The normalized spacial score (nSPS) is 35.7. The molecule has 4 fully saturated rings. The lowest BCUT2D eigenvalue weighted by molar-refractivity contribution is -0.150. The molecule has 1 aromatic heterocycles. The number of carbonyl (C=O) groups is 1. The smallest absolute Gasteiger partial charge is 0.230 e. The Hall–Kier alpha value is -1.69. The van der Waals surface area contributed by atoms with Gasteiger partial charge in [0.1, 0.15) is 12.7 Å². The van der Waals surface area contributed by atoms with Crippen molar-refractivity contribution >= 4 is 27.5 Å². The zero-order chi connectivity index (χ0) is 17.1. The quantitative estimate of drug-likeness (QED) is 0.847. The summed E-state index contributed by atoms with van der Waals surface area (Å²) in [4.78, 5) is 17.5. The predicted molar refractivity (Wildman–Crippen MR) is 97.9 cm³/mol. The molecule has 4 saturated carbocycles. The highest BCUT2D eigenvalue weighted by molar-refractivity contribution is 9.10. The molecule has 1 aromatic carbocycles. The second-order valence-electron chi connectivity index (χ2n) is 8.27. The zero-order valence-electron chi connectivity index (χ0n) is 14.0. The van der Waals surface area contributed by atoms with Gasteiger partial charge in [-0.15, -0.1) is 0 Å². The fourth-order valence-corrected chi connectivity index (χ4v) is 6.26. The third kappa shape index (κ3) is 2.45. The van der Waals surface area contributed by atoms with Crippen LogP contribution in [-0.4, -0.2) is 20.7 Å². The van der Waals surface area contributed by atoms with E-state index in [0.717, 1.165) is 42.3 Å². The van der Waals surface area contributed by atoms with Gasteiger partial charge in [-0.25, -0.2) is 9.67 Å². The number of anilines is 1. The standard InChI is InChI=1S/C19H21BrN4O/c20-15-1-3-16(4-2-15)23-17(25)18-6-13-5-14(7-18)9-19(8-13,10-18)24-12-21-11-22-24/h1-4,11-14H,5-10H2,(H,23,25)/t13-,14+,18?,19?. The lowest BCUT2D eigenvalue weighted by atomic mass is 9.46. The van der Waals surface area contributed by atoms with E-state index in [9.17, 15) is 4.79 Å². The van der Waals surface area contributed by atoms with Crippen LogP contribution >= 0.6 is 15.9 Å². The summed E-state index contributed by atoms with van der Waals surface area (Å²) in [5.74, 6) is 1.44. The topological polar surface area (TPSA) is 59.8 Å². The Bertz CT molecular complexity index is 787. The van der Waals surface area contributed by atoms with Crippen molar-refractivity contribution < 1.29 is 4.79 Å². The van der Waals surface area contributed by atoms with Crippen molar-refractivity contribution in [2.24, 2.45) is 17.3 Å². The fraction of sp³-hybridized carbons (Fsp3) is 0.526. The van der Waals surface area contributed by atoms with Gasteiger partial charge in [-0.1, -0.05) is 15.9 Å². The van der Waals surface area contributed by atoms with Gasteiger partial charge in [0, 0.05) is 10.2 Å². The Labute approximate surface area is 155 Å². The first-order valence-corrected chi connectivity index (χ1v) is 9.78. The van der Waals surface area contributed by atoms with Gasteiger partial charge in [0.05, 0.1) is 11.0 Å². The van der Waals surface area contributed by atoms with Gasteiger partial charge < -0.3 is 5.32 Å². The average Bonchev–Trinajstić information content (AvgIpc) is 3.11. The molecule has 0 radical (unpaired) electrons. The van der Waals surface area contributed by atoms with Crippen LogP contribution in [0.5, 0.6) is 0 Å². The molecule has 25 heavy (non-hydrogen) atoms. The minimum atomic E-state index is -0.261. The molecule has 4 bridgehead atoms. The van der Waals surface area contributed by atoms with E-state index in [2.05, 4.69) is 31.3 Å². The van der Waals surface area contributed by atoms with Gasteiger partial charge in [0.25, 0.3) is 0 Å². The predicted octanol–water partition coefficient (Wildman–Crippen LogP) is 3.97. The molecule has 5 nitrogen and oxygen atoms in total. The highest BCUT2D eigenvalue weighted by Crippen LogP contribution is 2.64. The van der Waals surface area contributed by atoms with Crippen LogP contribution in [0.2, 0.25) is 0 Å². The first-order valence-electron chi connectivity index (χ1n) is 8.99. The molecule has 1 amide bonds. The number of aromatic nitrogens is 3. The Morgan fingerprint density at radius 2 is 1.88 bits per heavy atom. The minimum Gasteiger partial charge on any atom is -0.326 e. The molecule has 0 aliphatic heterocycles. The number of amides is 1. The molecule has 6 heteroatoms. The Morgan fingerprint density at radius 3 is 2.52 bits per heavy atom. The van der Waals surface area contributed by atoms with Gasteiger partial charge in [-0.2, -0.15) is 5.10 Å². The van der Waals surface area contributed by atoms with Crippen LogP contribution < -0.4 is 5.32 Å². The zero-order valence-corrected chi connectivity index (χ0v) is 15.6. The van der Waals surface area contributed by atoms with Crippen molar-refractivity contribution in [3.05, 3.63) is 41.4 Å². The van der Waals surface area contributed by atoms with Crippen LogP contribution in [0.25, 0.3) is 0 Å². The summed E-state index contributed by atoms with van der Waals surface area (Å²) in [5.41, 5.74) is 0.597. The average molecular weight is 401 g/mol. The van der Waals surface area contributed by atoms with Crippen molar-refractivity contribution in [3.63, 3.8) is 0 Å². The molecule has 0 saturated heterocycles. The van der Waals surface area contributed by atoms with Crippen molar-refractivity contribution in [3.8, 4) is 0 Å². The maximum atomic E-state index is 13.3. The van der Waals surface area contributed by atoms with Crippen molar-refractivity contribution in [2.75, 3.05) is 5.32 Å². The molecular formula is C19H21BrN4O. The highest BCUT2D eigenvalue weighted by Gasteiger charge is 2.61. The molecule has 2 unspecified atom stereocenters. The van der Waals surface area contributed by atoms with E-state index in [-0.39, 0.29) is 16.9 Å². The van der Waals surface area contributed by atoms with Crippen LogP contribution in [0.1, 0.15) is 38.5 Å². The first kappa shape index (κ1) is 15.6. The maximum Gasteiger partial charge on any atom is 0.230 e. The van der Waals surface area contributed by atoms with E-state index in [4.69, 9.17) is 0 Å². The second-order valence-corrected chi connectivity index (χ2v) is 9.18. The molecule has 1 N–H and O–H groups in total. The number of benzene rings is 1. The lowest BCUT2D eigenvalue weighted by Crippen LogP contribution is -2.60. The van der Waals surface area contributed by atoms with Crippen molar-refractivity contribution in [2.45, 2.75) is 44.1 Å². The number of hydrogen-bond acceptors (Lipinski definition) is 3. The molecule has 6 rings (SSSR count). The minimum absolute atomic E-state index is 0.0162. The van der Waals surface area contributed by atoms with Crippen molar-refractivity contribution in [1.29, 1.82) is 0 Å². The second kappa shape index (κ2) is 5.40. The maximum absolute atomic E-state index is 13.3. The van der Waals surface area contributed by atoms with E-state index >= 15 is 0 Å². The Balaban J connectivity index is 1.46. The first-order chi connectivity index (χ1) is 12.1. The molecule has 4 atom stereocenters. The number of hydrogen-bond donors (Lipinski definition) is 1. The summed E-state index contributed by atoms with van der Waals surface area (Å²) < 4.78 is 3.07. The summed E-state index contributed by atoms with van der Waals surface area (Å²) in [6.07, 6.45) is 9.92. The van der Waals surface area contributed by atoms with Gasteiger partial charge in [0.15, 0.2) is 0 Å². The third-order valence-corrected chi connectivity index (χ3v) is 7.05. The molecule has 0 spiro atoms. The van der Waals surface area contributed by atoms with Crippen LogP contribution in [0.3, 0.4) is 0 Å². The highest BCUT2D eigenvalue weighted by atomic mass is 79.9. The Kier molecular flexibility index (Phi) is 3.36. The van der Waals surface area contributed by atoms with Crippen LogP contribution in [0, 0.1) is 17.3 Å².